The Labute approximate surface area is 182 Å². The van der Waals surface area contributed by atoms with Gasteiger partial charge in [0.05, 0.1) is 24.3 Å². The number of hydrogen-bond donors (Lipinski definition) is 2. The Morgan fingerprint density at radius 1 is 0.903 bits per heavy atom. The fourth-order valence-corrected chi connectivity index (χ4v) is 4.44. The van der Waals surface area contributed by atoms with Crippen LogP contribution in [0.1, 0.15) is 42.7 Å². The van der Waals surface area contributed by atoms with Crippen molar-refractivity contribution in [2.45, 2.75) is 43.7 Å². The van der Waals surface area contributed by atoms with Crippen LogP contribution in [0.2, 0.25) is 0 Å². The smallest absolute Gasteiger partial charge is 0.160 e. The highest BCUT2D eigenvalue weighted by Gasteiger charge is 2.24. The molecule has 0 unspecified atom stereocenters. The number of fused-ring (bicyclic) bond motifs is 1. The first-order chi connectivity index (χ1) is 15.4. The van der Waals surface area contributed by atoms with Crippen LogP contribution in [0.5, 0.6) is 0 Å². The number of ether oxygens (including phenoxy) is 1. The fourth-order valence-electron chi connectivity index (χ4n) is 4.44. The van der Waals surface area contributed by atoms with Gasteiger partial charge in [0, 0.05) is 12.0 Å². The number of hydrogen-bond acceptors (Lipinski definition) is 5. The molecule has 6 heteroatoms. The number of benzene rings is 2. The molecule has 0 atom stereocenters. The Morgan fingerprint density at radius 3 is 2.26 bits per heavy atom. The molecule has 1 aliphatic carbocycles. The van der Waals surface area contributed by atoms with Crippen molar-refractivity contribution in [1.29, 1.82) is 0 Å². The molecule has 6 nitrogen and oxygen atoms in total. The summed E-state index contributed by atoms with van der Waals surface area (Å²) in [4.78, 5) is 8.61. The molecule has 2 N–H and O–H groups in total. The van der Waals surface area contributed by atoms with Gasteiger partial charge in [0.1, 0.15) is 12.1 Å². The van der Waals surface area contributed by atoms with E-state index in [1.165, 1.54) is 11.1 Å². The molecule has 1 fully saturated rings. The zero-order chi connectivity index (χ0) is 20.9. The molecule has 1 saturated carbocycles. The molecule has 0 radical (unpaired) electrons. The highest BCUT2D eigenvalue weighted by molar-refractivity contribution is 5.85. The van der Waals surface area contributed by atoms with Crippen LogP contribution >= 0.6 is 0 Å². The molecular weight excluding hydrogens is 386 g/mol. The first-order valence-electron chi connectivity index (χ1n) is 11.0. The predicted octanol–water partition coefficient (Wildman–Crippen LogP) is 4.92. The van der Waals surface area contributed by atoms with E-state index in [4.69, 9.17) is 4.74 Å². The lowest BCUT2D eigenvalue weighted by molar-refractivity contribution is 0.0224. The molecule has 31 heavy (non-hydrogen) atoms. The minimum absolute atomic E-state index is 0.258. The quantitative estimate of drug-likeness (QED) is 0.450. The summed E-state index contributed by atoms with van der Waals surface area (Å²) in [5.41, 5.74) is 3.37. The van der Waals surface area contributed by atoms with E-state index < -0.39 is 0 Å². The van der Waals surface area contributed by atoms with Gasteiger partial charge < -0.3 is 10.1 Å². The maximum Gasteiger partial charge on any atom is 0.160 e. The zero-order valence-electron chi connectivity index (χ0n) is 17.4. The Balaban J connectivity index is 1.18. The van der Waals surface area contributed by atoms with E-state index in [2.05, 4.69) is 86.1 Å². The van der Waals surface area contributed by atoms with E-state index in [9.17, 15) is 0 Å². The summed E-state index contributed by atoms with van der Waals surface area (Å²) in [7, 11) is 0. The van der Waals surface area contributed by atoms with Gasteiger partial charge in [0.2, 0.25) is 0 Å². The Kier molecular flexibility index (Phi) is 5.89. The molecular formula is C25H27N5O. The van der Waals surface area contributed by atoms with Gasteiger partial charge >= 0.3 is 0 Å². The van der Waals surface area contributed by atoms with Crippen molar-refractivity contribution in [1.82, 2.24) is 20.2 Å². The van der Waals surface area contributed by atoms with Gasteiger partial charge in [0.15, 0.2) is 5.65 Å². The summed E-state index contributed by atoms with van der Waals surface area (Å²) < 4.78 is 6.44. The Hall–Kier alpha value is -3.25. The molecule has 1 aliphatic rings. The van der Waals surface area contributed by atoms with Crippen molar-refractivity contribution in [3.8, 4) is 0 Å². The third-order valence-electron chi connectivity index (χ3n) is 6.17. The number of aromatic nitrogens is 4. The molecule has 0 spiro atoms. The zero-order valence-corrected chi connectivity index (χ0v) is 17.4. The first kappa shape index (κ1) is 19.7. The third-order valence-corrected chi connectivity index (χ3v) is 6.17. The fraction of sp³-hybridized carbons (Fsp3) is 0.320. The summed E-state index contributed by atoms with van der Waals surface area (Å²) in [5.74, 6) is 1.12. The number of nitrogens with one attached hydrogen (secondary N) is 2. The van der Waals surface area contributed by atoms with Gasteiger partial charge in [-0.05, 0) is 36.8 Å². The Morgan fingerprint density at radius 2 is 1.58 bits per heavy atom. The van der Waals surface area contributed by atoms with Gasteiger partial charge in [-0.25, -0.2) is 9.97 Å². The van der Waals surface area contributed by atoms with Crippen molar-refractivity contribution >= 4 is 16.9 Å². The van der Waals surface area contributed by atoms with Gasteiger partial charge in [-0.1, -0.05) is 60.7 Å². The molecule has 158 valence electrons. The molecule has 2 aromatic heterocycles. The Bertz CT molecular complexity index is 1050. The van der Waals surface area contributed by atoms with Gasteiger partial charge in [-0.3, -0.25) is 5.10 Å². The van der Waals surface area contributed by atoms with Crippen LogP contribution in [0.3, 0.4) is 0 Å². The van der Waals surface area contributed by atoms with Crippen LogP contribution in [0.15, 0.2) is 73.2 Å². The largest absolute Gasteiger partial charge is 0.377 e. The first-order valence-corrected chi connectivity index (χ1v) is 11.0. The van der Waals surface area contributed by atoms with Gasteiger partial charge in [-0.15, -0.1) is 0 Å². The van der Waals surface area contributed by atoms with Gasteiger partial charge in [0.25, 0.3) is 0 Å². The van der Waals surface area contributed by atoms with Crippen LogP contribution in [0.4, 0.5) is 5.82 Å². The minimum Gasteiger partial charge on any atom is -0.377 e. The molecule has 2 heterocycles. The summed E-state index contributed by atoms with van der Waals surface area (Å²) in [6, 6.07) is 21.7. The highest BCUT2D eigenvalue weighted by Crippen LogP contribution is 2.29. The summed E-state index contributed by atoms with van der Waals surface area (Å²) in [6.07, 6.45) is 7.88. The van der Waals surface area contributed by atoms with Crippen LogP contribution in [-0.4, -0.2) is 38.9 Å². The van der Waals surface area contributed by atoms with E-state index >= 15 is 0 Å². The van der Waals surface area contributed by atoms with Crippen molar-refractivity contribution < 1.29 is 4.74 Å². The lowest BCUT2D eigenvalue weighted by atomic mass is 9.91. The summed E-state index contributed by atoms with van der Waals surface area (Å²) in [6.45, 7) is 0.707. The average molecular weight is 414 g/mol. The van der Waals surface area contributed by atoms with Crippen LogP contribution in [0.25, 0.3) is 11.0 Å². The molecule has 5 rings (SSSR count). The van der Waals surface area contributed by atoms with Crippen LogP contribution in [-0.2, 0) is 4.74 Å². The molecule has 0 saturated heterocycles. The molecule has 2 aromatic carbocycles. The second-order valence-electron chi connectivity index (χ2n) is 8.18. The average Bonchev–Trinajstić information content (AvgIpc) is 3.32. The minimum atomic E-state index is 0.258. The molecule has 0 bridgehead atoms. The number of rotatable bonds is 7. The third kappa shape index (κ3) is 4.59. The van der Waals surface area contributed by atoms with Crippen molar-refractivity contribution in [3.63, 3.8) is 0 Å². The second kappa shape index (κ2) is 9.27. The number of aromatic amines is 1. The predicted molar refractivity (Wildman–Crippen MR) is 122 cm³/mol. The standard InChI is InChI=1S/C25H27N5O/c1-3-7-18(8-4-1)23(19-9-5-2-6-10-19)16-31-21-13-11-20(12-14-21)29-24-22-15-28-30-25(22)27-17-26-24/h1-10,15,17,20-21,23H,11-14,16H2,(H2,26,27,28,29,30). The normalized spacial score (nSPS) is 19.0. The van der Waals surface area contributed by atoms with Crippen LogP contribution < -0.4 is 5.32 Å². The maximum absolute atomic E-state index is 6.44. The van der Waals surface area contributed by atoms with E-state index in [-0.39, 0.29) is 5.92 Å². The van der Waals surface area contributed by atoms with Crippen molar-refractivity contribution in [3.05, 3.63) is 84.3 Å². The molecule has 4 aromatic rings. The van der Waals surface area contributed by atoms with E-state index in [1.54, 1.807) is 12.5 Å². The summed E-state index contributed by atoms with van der Waals surface area (Å²) >= 11 is 0. The SMILES string of the molecule is c1ccc(C(COC2CCC(Nc3ncnc4[nH]ncc34)CC2)c2ccccc2)cc1. The highest BCUT2D eigenvalue weighted by atomic mass is 16.5. The van der Waals surface area contributed by atoms with E-state index in [0.29, 0.717) is 18.8 Å². The van der Waals surface area contributed by atoms with Gasteiger partial charge in [-0.2, -0.15) is 5.10 Å². The lowest BCUT2D eigenvalue weighted by Gasteiger charge is -2.31. The van der Waals surface area contributed by atoms with Crippen molar-refractivity contribution in [2.75, 3.05) is 11.9 Å². The maximum atomic E-state index is 6.44. The second-order valence-corrected chi connectivity index (χ2v) is 8.18. The van der Waals surface area contributed by atoms with E-state index in [0.717, 1.165) is 42.5 Å². The molecule has 0 aliphatic heterocycles. The monoisotopic (exact) mass is 413 g/mol. The topological polar surface area (TPSA) is 75.7 Å². The molecule has 0 amide bonds. The number of nitrogens with zero attached hydrogens (tertiary/aromatic N) is 3. The van der Waals surface area contributed by atoms with Crippen molar-refractivity contribution in [2.24, 2.45) is 0 Å². The lowest BCUT2D eigenvalue weighted by Crippen LogP contribution is -2.31. The van der Waals surface area contributed by atoms with E-state index in [1.807, 2.05) is 0 Å². The summed E-state index contributed by atoms with van der Waals surface area (Å²) in [5, 5.41) is 11.5. The van der Waals surface area contributed by atoms with Crippen LogP contribution in [0, 0.1) is 0 Å². The number of anilines is 1. The number of H-pyrrole nitrogens is 1.